The van der Waals surface area contributed by atoms with Crippen LogP contribution in [-0.4, -0.2) is 18.1 Å². The van der Waals surface area contributed by atoms with Crippen molar-refractivity contribution in [2.45, 2.75) is 6.92 Å². The molecular weight excluding hydrogens is 335 g/mol. The lowest BCUT2D eigenvalue weighted by Crippen LogP contribution is -2.08. The number of esters is 1. The van der Waals surface area contributed by atoms with Gasteiger partial charge in [-0.15, -0.1) is 0 Å². The lowest BCUT2D eigenvalue weighted by Gasteiger charge is -2.15. The first kappa shape index (κ1) is 15.9. The largest absolute Gasteiger partial charge is 0.465 e. The highest BCUT2D eigenvalue weighted by molar-refractivity contribution is 6.43. The molecule has 0 saturated heterocycles. The van der Waals surface area contributed by atoms with Gasteiger partial charge in [0.15, 0.2) is 0 Å². The Bertz CT molecular complexity index is 705. The molecule has 0 aliphatic heterocycles. The van der Waals surface area contributed by atoms with Crippen LogP contribution >= 0.6 is 34.8 Å². The number of benzene rings is 1. The van der Waals surface area contributed by atoms with Crippen molar-refractivity contribution >= 4 is 52.1 Å². The third kappa shape index (κ3) is 3.40. The van der Waals surface area contributed by atoms with Gasteiger partial charge in [-0.05, 0) is 24.6 Å². The van der Waals surface area contributed by atoms with Crippen LogP contribution in [0.5, 0.6) is 0 Å². The zero-order valence-corrected chi connectivity index (χ0v) is 13.5. The Hall–Kier alpha value is -1.49. The van der Waals surface area contributed by atoms with Crippen molar-refractivity contribution < 1.29 is 9.53 Å². The van der Waals surface area contributed by atoms with Crippen LogP contribution in [0.1, 0.15) is 15.9 Å². The van der Waals surface area contributed by atoms with Crippen LogP contribution in [0.4, 0.5) is 11.4 Å². The Kier molecular flexibility index (Phi) is 4.93. The molecule has 1 N–H and O–H groups in total. The molecule has 0 aliphatic rings. The molecule has 1 heterocycles. The average Bonchev–Trinajstić information content (AvgIpc) is 2.47. The van der Waals surface area contributed by atoms with E-state index in [4.69, 9.17) is 39.5 Å². The summed E-state index contributed by atoms with van der Waals surface area (Å²) in [5.41, 5.74) is 2.15. The Morgan fingerprint density at radius 1 is 1.29 bits per heavy atom. The van der Waals surface area contributed by atoms with Crippen LogP contribution in [0.3, 0.4) is 0 Å². The van der Waals surface area contributed by atoms with Crippen molar-refractivity contribution in [1.82, 2.24) is 4.98 Å². The van der Waals surface area contributed by atoms with Crippen LogP contribution < -0.4 is 5.32 Å². The van der Waals surface area contributed by atoms with E-state index in [9.17, 15) is 4.79 Å². The van der Waals surface area contributed by atoms with Gasteiger partial charge in [-0.3, -0.25) is 0 Å². The topological polar surface area (TPSA) is 51.2 Å². The van der Waals surface area contributed by atoms with Crippen molar-refractivity contribution in [3.63, 3.8) is 0 Å². The number of hydrogen-bond donors (Lipinski definition) is 1. The Morgan fingerprint density at radius 3 is 2.67 bits per heavy atom. The highest BCUT2D eigenvalue weighted by atomic mass is 35.5. The first-order valence-electron chi connectivity index (χ1n) is 5.89. The number of anilines is 2. The van der Waals surface area contributed by atoms with Crippen LogP contribution in [0.25, 0.3) is 0 Å². The summed E-state index contributed by atoms with van der Waals surface area (Å²) in [7, 11) is 1.28. The predicted molar refractivity (Wildman–Crippen MR) is 85.1 cm³/mol. The second kappa shape index (κ2) is 6.52. The number of hydrogen-bond acceptors (Lipinski definition) is 4. The summed E-state index contributed by atoms with van der Waals surface area (Å²) in [4.78, 5) is 15.7. The lowest BCUT2D eigenvalue weighted by molar-refractivity contribution is 0.0601. The SMILES string of the molecule is COC(=O)c1cnc(Cl)c(Cl)c1Nc1cc(Cl)ccc1C. The molecule has 21 heavy (non-hydrogen) atoms. The molecule has 0 aliphatic carbocycles. The summed E-state index contributed by atoms with van der Waals surface area (Å²) in [6.45, 7) is 1.90. The number of pyridine rings is 1. The van der Waals surface area contributed by atoms with Crippen molar-refractivity contribution in [2.75, 3.05) is 12.4 Å². The molecule has 1 aromatic carbocycles. The number of ether oxygens (including phenoxy) is 1. The number of nitrogens with zero attached hydrogens (tertiary/aromatic N) is 1. The van der Waals surface area contributed by atoms with E-state index >= 15 is 0 Å². The third-order valence-corrected chi connectivity index (χ3v) is 3.83. The number of carbonyl (C=O) groups is 1. The van der Waals surface area contributed by atoms with Crippen molar-refractivity contribution in [2.24, 2.45) is 0 Å². The normalized spacial score (nSPS) is 10.3. The van der Waals surface area contributed by atoms with Gasteiger partial charge in [0.2, 0.25) is 0 Å². The van der Waals surface area contributed by atoms with Gasteiger partial charge in [0.25, 0.3) is 0 Å². The van der Waals surface area contributed by atoms with E-state index in [1.54, 1.807) is 12.1 Å². The molecule has 110 valence electrons. The number of halogens is 3. The first-order valence-corrected chi connectivity index (χ1v) is 7.03. The Labute approximate surface area is 137 Å². The molecule has 2 rings (SSSR count). The quantitative estimate of drug-likeness (QED) is 0.636. The molecular formula is C14H11Cl3N2O2. The fraction of sp³-hybridized carbons (Fsp3) is 0.143. The Balaban J connectivity index is 2.54. The minimum Gasteiger partial charge on any atom is -0.465 e. The van der Waals surface area contributed by atoms with Crippen LogP contribution in [-0.2, 0) is 4.74 Å². The summed E-state index contributed by atoms with van der Waals surface area (Å²) in [6.07, 6.45) is 1.31. The molecule has 7 heteroatoms. The van der Waals surface area contributed by atoms with Gasteiger partial charge in [-0.2, -0.15) is 0 Å². The molecule has 0 atom stereocenters. The zero-order valence-electron chi connectivity index (χ0n) is 11.2. The molecule has 0 unspecified atom stereocenters. The summed E-state index contributed by atoms with van der Waals surface area (Å²) >= 11 is 18.0. The molecule has 0 saturated carbocycles. The molecule has 0 fully saturated rings. The van der Waals surface area contributed by atoms with Gasteiger partial charge >= 0.3 is 5.97 Å². The monoisotopic (exact) mass is 344 g/mol. The van der Waals surface area contributed by atoms with Gasteiger partial charge in [0, 0.05) is 16.9 Å². The minimum absolute atomic E-state index is 0.0894. The highest BCUT2D eigenvalue weighted by Crippen LogP contribution is 2.35. The van der Waals surface area contributed by atoms with Crippen molar-refractivity contribution in [3.8, 4) is 0 Å². The summed E-state index contributed by atoms with van der Waals surface area (Å²) in [5.74, 6) is -0.566. The van der Waals surface area contributed by atoms with E-state index in [1.807, 2.05) is 13.0 Å². The van der Waals surface area contributed by atoms with Crippen molar-refractivity contribution in [1.29, 1.82) is 0 Å². The molecule has 4 nitrogen and oxygen atoms in total. The van der Waals surface area contributed by atoms with Gasteiger partial charge in [-0.1, -0.05) is 40.9 Å². The summed E-state index contributed by atoms with van der Waals surface area (Å²) in [6, 6.07) is 5.34. The molecule has 0 radical (unpaired) electrons. The van der Waals surface area contributed by atoms with E-state index in [1.165, 1.54) is 13.3 Å². The van der Waals surface area contributed by atoms with Gasteiger partial charge < -0.3 is 10.1 Å². The second-order valence-electron chi connectivity index (χ2n) is 4.23. The maximum atomic E-state index is 11.8. The highest BCUT2D eigenvalue weighted by Gasteiger charge is 2.19. The van der Waals surface area contributed by atoms with E-state index in [-0.39, 0.29) is 15.7 Å². The number of carbonyl (C=O) groups excluding carboxylic acids is 1. The van der Waals surface area contributed by atoms with Crippen LogP contribution in [0.15, 0.2) is 24.4 Å². The van der Waals surface area contributed by atoms with Crippen molar-refractivity contribution in [3.05, 3.63) is 50.7 Å². The summed E-state index contributed by atoms with van der Waals surface area (Å²) in [5, 5.41) is 3.85. The fourth-order valence-corrected chi connectivity index (χ4v) is 2.23. The maximum Gasteiger partial charge on any atom is 0.341 e. The standard InChI is InChI=1S/C14H11Cl3N2O2/c1-7-3-4-8(15)5-10(7)19-12-9(14(20)21-2)6-18-13(17)11(12)16/h3-6H,1-2H3,(H,18,19). The number of rotatable bonds is 3. The molecule has 1 aromatic heterocycles. The number of methoxy groups -OCH3 is 1. The number of nitrogens with one attached hydrogen (secondary N) is 1. The van der Waals surface area contributed by atoms with E-state index in [2.05, 4.69) is 10.3 Å². The molecule has 0 bridgehead atoms. The van der Waals surface area contributed by atoms with E-state index in [0.29, 0.717) is 16.4 Å². The van der Waals surface area contributed by atoms with Crippen LogP contribution in [0, 0.1) is 6.92 Å². The average molecular weight is 346 g/mol. The van der Waals surface area contributed by atoms with Gasteiger partial charge in [0.1, 0.15) is 15.7 Å². The van der Waals surface area contributed by atoms with Crippen LogP contribution in [0.2, 0.25) is 15.2 Å². The Morgan fingerprint density at radius 2 is 2.00 bits per heavy atom. The molecule has 0 amide bonds. The first-order chi connectivity index (χ1) is 9.93. The van der Waals surface area contributed by atoms with E-state index < -0.39 is 5.97 Å². The molecule has 2 aromatic rings. The van der Waals surface area contributed by atoms with Gasteiger partial charge in [-0.25, -0.2) is 9.78 Å². The maximum absolute atomic E-state index is 11.8. The minimum atomic E-state index is -0.566. The summed E-state index contributed by atoms with van der Waals surface area (Å²) < 4.78 is 4.72. The fourth-order valence-electron chi connectivity index (χ4n) is 1.71. The van der Waals surface area contributed by atoms with Gasteiger partial charge in [0.05, 0.1) is 12.8 Å². The third-order valence-electron chi connectivity index (χ3n) is 2.84. The predicted octanol–water partition coefficient (Wildman–Crippen LogP) is 4.88. The van der Waals surface area contributed by atoms with E-state index in [0.717, 1.165) is 5.56 Å². The molecule has 0 spiro atoms. The number of aryl methyl sites for hydroxylation is 1. The zero-order chi connectivity index (χ0) is 15.6. The number of aromatic nitrogens is 1. The smallest absolute Gasteiger partial charge is 0.341 e. The lowest BCUT2D eigenvalue weighted by atomic mass is 10.1. The second-order valence-corrected chi connectivity index (χ2v) is 5.40.